The fourth-order valence-electron chi connectivity index (χ4n) is 3.85. The van der Waals surface area contributed by atoms with Crippen LogP contribution in [0.2, 0.25) is 0 Å². The Morgan fingerprint density at radius 2 is 2.11 bits per heavy atom. The van der Waals surface area contributed by atoms with Gasteiger partial charge >= 0.3 is 0 Å². The van der Waals surface area contributed by atoms with Crippen molar-refractivity contribution in [2.75, 3.05) is 20.1 Å². The largest absolute Gasteiger partial charge is 0.466 e. The highest BCUT2D eigenvalue weighted by Crippen LogP contribution is 2.31. The number of carbonyl (C=O) groups is 1. The molecule has 0 spiro atoms. The minimum atomic E-state index is -0.00669. The Labute approximate surface area is 157 Å². The molecule has 1 amide bonds. The Morgan fingerprint density at radius 3 is 2.81 bits per heavy atom. The summed E-state index contributed by atoms with van der Waals surface area (Å²) < 4.78 is 11.0. The number of likely N-dealkylation sites (N-methyl/N-ethyl adjacent to an activating group) is 1. The number of aryl methyl sites for hydroxylation is 3. The summed E-state index contributed by atoms with van der Waals surface area (Å²) in [6.07, 6.45) is 2.07. The van der Waals surface area contributed by atoms with Crippen molar-refractivity contribution in [3.05, 3.63) is 34.9 Å². The summed E-state index contributed by atoms with van der Waals surface area (Å²) >= 11 is 0. The van der Waals surface area contributed by atoms with Gasteiger partial charge < -0.3 is 19.2 Å². The van der Waals surface area contributed by atoms with Gasteiger partial charge in [0.1, 0.15) is 11.5 Å². The molecule has 1 N–H and O–H groups in total. The highest BCUT2D eigenvalue weighted by atomic mass is 16.5. The molecule has 1 unspecified atom stereocenters. The number of pyridine rings is 1. The lowest BCUT2D eigenvalue weighted by atomic mass is 10.0. The summed E-state index contributed by atoms with van der Waals surface area (Å²) in [7, 11) is 1.94. The van der Waals surface area contributed by atoms with Crippen LogP contribution in [0.5, 0.6) is 0 Å². The van der Waals surface area contributed by atoms with Crippen LogP contribution in [0.15, 0.2) is 21.1 Å². The molecular weight excluding hydrogens is 344 g/mol. The molecule has 4 rings (SSSR count). The molecule has 0 aliphatic carbocycles. The molecule has 0 aromatic carbocycles. The fraction of sp³-hybridized carbons (Fsp3) is 0.450. The summed E-state index contributed by atoms with van der Waals surface area (Å²) in [5.74, 6) is 1.56. The van der Waals surface area contributed by atoms with Crippen molar-refractivity contribution in [3.8, 4) is 11.3 Å². The Kier molecular flexibility index (Phi) is 4.47. The van der Waals surface area contributed by atoms with E-state index in [-0.39, 0.29) is 5.91 Å². The topological polar surface area (TPSA) is 84.4 Å². The van der Waals surface area contributed by atoms with E-state index in [0.717, 1.165) is 36.5 Å². The first-order chi connectivity index (χ1) is 13.0. The highest BCUT2D eigenvalue weighted by molar-refractivity contribution is 6.07. The third-order valence-corrected chi connectivity index (χ3v) is 5.28. The Bertz CT molecular complexity index is 1000. The van der Waals surface area contributed by atoms with Crippen molar-refractivity contribution in [1.29, 1.82) is 0 Å². The van der Waals surface area contributed by atoms with Crippen LogP contribution >= 0.6 is 0 Å². The van der Waals surface area contributed by atoms with Crippen molar-refractivity contribution >= 4 is 17.0 Å². The van der Waals surface area contributed by atoms with E-state index >= 15 is 0 Å². The predicted molar refractivity (Wildman–Crippen MR) is 102 cm³/mol. The van der Waals surface area contributed by atoms with Gasteiger partial charge in [0.25, 0.3) is 11.6 Å². The summed E-state index contributed by atoms with van der Waals surface area (Å²) in [5, 5.41) is 8.00. The quantitative estimate of drug-likeness (QED) is 0.764. The minimum absolute atomic E-state index is 0.00669. The first-order valence-corrected chi connectivity index (χ1v) is 9.29. The van der Waals surface area contributed by atoms with E-state index < -0.39 is 0 Å². The monoisotopic (exact) mass is 368 g/mol. The standard InChI is InChI=1S/C20H24N4O3/c1-11-8-15(13(3)26-11)17-9-16(18-12(2)23-27-19(18)22-17)20(25)24-7-5-6-14(10-24)21-4/h8-9,14,21H,5-7,10H2,1-4H3. The molecule has 4 heterocycles. The molecule has 1 aliphatic heterocycles. The van der Waals surface area contributed by atoms with Crippen LogP contribution in [0.3, 0.4) is 0 Å². The van der Waals surface area contributed by atoms with Crippen LogP contribution in [-0.4, -0.2) is 47.1 Å². The Morgan fingerprint density at radius 1 is 1.30 bits per heavy atom. The maximum atomic E-state index is 13.4. The minimum Gasteiger partial charge on any atom is -0.466 e. The molecule has 1 fully saturated rings. The normalized spacial score (nSPS) is 17.6. The maximum absolute atomic E-state index is 13.4. The maximum Gasteiger partial charge on any atom is 0.259 e. The number of furan rings is 1. The number of amides is 1. The number of aromatic nitrogens is 2. The SMILES string of the molecule is CNC1CCCN(C(=O)c2cc(-c3cc(C)oc3C)nc3onc(C)c23)C1. The van der Waals surface area contributed by atoms with Crippen LogP contribution in [-0.2, 0) is 0 Å². The van der Waals surface area contributed by atoms with Gasteiger partial charge in [-0.1, -0.05) is 5.16 Å². The van der Waals surface area contributed by atoms with Crippen molar-refractivity contribution in [2.24, 2.45) is 0 Å². The molecule has 1 atom stereocenters. The lowest BCUT2D eigenvalue weighted by molar-refractivity contribution is 0.0700. The number of nitrogens with one attached hydrogen (secondary N) is 1. The molecule has 142 valence electrons. The molecule has 1 saturated heterocycles. The zero-order chi connectivity index (χ0) is 19.1. The average Bonchev–Trinajstić information content (AvgIpc) is 3.22. The second-order valence-electron chi connectivity index (χ2n) is 7.21. The van der Waals surface area contributed by atoms with Gasteiger partial charge in [0.05, 0.1) is 22.3 Å². The molecular formula is C20H24N4O3. The number of rotatable bonds is 3. The van der Waals surface area contributed by atoms with E-state index in [2.05, 4.69) is 15.5 Å². The molecule has 27 heavy (non-hydrogen) atoms. The first-order valence-electron chi connectivity index (χ1n) is 9.29. The summed E-state index contributed by atoms with van der Waals surface area (Å²) in [6, 6.07) is 4.09. The van der Waals surface area contributed by atoms with Gasteiger partial charge in [-0.3, -0.25) is 4.79 Å². The summed E-state index contributed by atoms with van der Waals surface area (Å²) in [5.41, 5.74) is 3.18. The number of nitrogens with zero attached hydrogens (tertiary/aromatic N) is 3. The second-order valence-corrected chi connectivity index (χ2v) is 7.21. The van der Waals surface area contributed by atoms with E-state index in [0.29, 0.717) is 40.6 Å². The second kappa shape index (κ2) is 6.81. The Hall–Kier alpha value is -2.67. The highest BCUT2D eigenvalue weighted by Gasteiger charge is 2.27. The van der Waals surface area contributed by atoms with E-state index in [1.807, 2.05) is 44.9 Å². The molecule has 0 bridgehead atoms. The number of piperidine rings is 1. The van der Waals surface area contributed by atoms with Gasteiger partial charge in [0.15, 0.2) is 0 Å². The van der Waals surface area contributed by atoms with Crippen LogP contribution < -0.4 is 5.32 Å². The third-order valence-electron chi connectivity index (χ3n) is 5.28. The van der Waals surface area contributed by atoms with Gasteiger partial charge in [0, 0.05) is 24.7 Å². The summed E-state index contributed by atoms with van der Waals surface area (Å²) in [6.45, 7) is 7.08. The lowest BCUT2D eigenvalue weighted by Crippen LogP contribution is -2.47. The van der Waals surface area contributed by atoms with Crippen molar-refractivity contribution in [2.45, 2.75) is 39.7 Å². The van der Waals surface area contributed by atoms with Gasteiger partial charge in [-0.25, -0.2) is 4.98 Å². The fourth-order valence-corrected chi connectivity index (χ4v) is 3.85. The van der Waals surface area contributed by atoms with Gasteiger partial charge in [-0.05, 0) is 52.8 Å². The number of fused-ring (bicyclic) bond motifs is 1. The zero-order valence-electron chi connectivity index (χ0n) is 16.1. The van der Waals surface area contributed by atoms with Crippen LogP contribution in [0, 0.1) is 20.8 Å². The molecule has 1 aliphatic rings. The third kappa shape index (κ3) is 3.12. The van der Waals surface area contributed by atoms with Crippen LogP contribution in [0.25, 0.3) is 22.4 Å². The van der Waals surface area contributed by atoms with E-state index in [9.17, 15) is 4.79 Å². The molecule has 7 nitrogen and oxygen atoms in total. The molecule has 0 radical (unpaired) electrons. The van der Waals surface area contributed by atoms with Crippen LogP contribution in [0.4, 0.5) is 0 Å². The number of likely N-dealkylation sites (tertiary alicyclic amines) is 1. The van der Waals surface area contributed by atoms with Gasteiger partial charge in [-0.15, -0.1) is 0 Å². The van der Waals surface area contributed by atoms with E-state index in [1.54, 1.807) is 0 Å². The predicted octanol–water partition coefficient (Wildman–Crippen LogP) is 3.23. The van der Waals surface area contributed by atoms with E-state index in [1.165, 1.54) is 0 Å². The Balaban J connectivity index is 1.82. The average molecular weight is 368 g/mol. The molecule has 7 heteroatoms. The van der Waals surface area contributed by atoms with E-state index in [4.69, 9.17) is 8.94 Å². The molecule has 0 saturated carbocycles. The molecule has 3 aromatic heterocycles. The molecule has 3 aromatic rings. The van der Waals surface area contributed by atoms with Gasteiger partial charge in [-0.2, -0.15) is 0 Å². The van der Waals surface area contributed by atoms with Crippen molar-refractivity contribution < 1.29 is 13.7 Å². The smallest absolute Gasteiger partial charge is 0.259 e. The number of hydrogen-bond acceptors (Lipinski definition) is 6. The van der Waals surface area contributed by atoms with Crippen molar-refractivity contribution in [3.63, 3.8) is 0 Å². The number of hydrogen-bond donors (Lipinski definition) is 1. The summed E-state index contributed by atoms with van der Waals surface area (Å²) in [4.78, 5) is 19.9. The van der Waals surface area contributed by atoms with Crippen molar-refractivity contribution in [1.82, 2.24) is 20.4 Å². The number of carbonyl (C=O) groups excluding carboxylic acids is 1. The first kappa shape index (κ1) is 17.7. The lowest BCUT2D eigenvalue weighted by Gasteiger charge is -2.32. The zero-order valence-corrected chi connectivity index (χ0v) is 16.1. The van der Waals surface area contributed by atoms with Crippen LogP contribution in [0.1, 0.15) is 40.4 Å². The van der Waals surface area contributed by atoms with Gasteiger partial charge in [0.2, 0.25) is 0 Å².